The smallest absolute Gasteiger partial charge is 0.429 e. The molecule has 1 aliphatic rings. The first-order chi connectivity index (χ1) is 17.6. The second kappa shape index (κ2) is 11.4. The summed E-state index contributed by atoms with van der Waals surface area (Å²) in [5.41, 5.74) is -0.102. The van der Waals surface area contributed by atoms with Crippen molar-refractivity contribution in [3.8, 4) is 0 Å². The molecule has 210 valence electrons. The number of benzene rings is 2. The second-order valence-electron chi connectivity index (χ2n) is 10.1. The van der Waals surface area contributed by atoms with Crippen molar-refractivity contribution < 1.29 is 46.6 Å². The average Bonchev–Trinajstić information content (AvgIpc) is 2.80. The van der Waals surface area contributed by atoms with E-state index in [1.54, 1.807) is 45.0 Å². The molecule has 3 N–H and O–H groups in total. The fraction of sp³-hybridized carbons (Fsp3) is 0.520. The zero-order valence-electron chi connectivity index (χ0n) is 22.1. The van der Waals surface area contributed by atoms with Gasteiger partial charge in [0, 0.05) is 37.5 Å². The van der Waals surface area contributed by atoms with Gasteiger partial charge in [0.2, 0.25) is 12.2 Å². The lowest BCUT2D eigenvalue weighted by Gasteiger charge is -2.41. The molecule has 0 radical (unpaired) electrons. The van der Waals surface area contributed by atoms with Crippen molar-refractivity contribution in [2.45, 2.75) is 68.8 Å². The van der Waals surface area contributed by atoms with Gasteiger partial charge >= 0.3 is 6.16 Å². The molecule has 1 fully saturated rings. The highest BCUT2D eigenvalue weighted by Crippen LogP contribution is 2.31. The van der Waals surface area contributed by atoms with E-state index in [1.165, 1.54) is 6.07 Å². The summed E-state index contributed by atoms with van der Waals surface area (Å²) in [6, 6.07) is 8.64. The first-order valence-corrected chi connectivity index (χ1v) is 13.3. The van der Waals surface area contributed by atoms with Crippen LogP contribution in [0.2, 0.25) is 0 Å². The molecule has 0 aliphatic carbocycles. The third kappa shape index (κ3) is 6.91. The van der Waals surface area contributed by atoms with Gasteiger partial charge in [-0.25, -0.2) is 4.79 Å². The highest BCUT2D eigenvalue weighted by atomic mass is 32.2. The maximum atomic E-state index is 13.2. The van der Waals surface area contributed by atoms with Gasteiger partial charge in [-0.1, -0.05) is 24.3 Å². The summed E-state index contributed by atoms with van der Waals surface area (Å²) in [5.74, 6) is -0.590. The van der Waals surface area contributed by atoms with E-state index in [2.05, 4.69) is 5.32 Å². The maximum absolute atomic E-state index is 13.2. The topological polar surface area (TPSA) is 161 Å². The minimum Gasteiger partial charge on any atom is -0.429 e. The van der Waals surface area contributed by atoms with Crippen molar-refractivity contribution in [2.24, 2.45) is 0 Å². The molecule has 12 nitrogen and oxygen atoms in total. The van der Waals surface area contributed by atoms with Crippen LogP contribution in [0, 0.1) is 0 Å². The monoisotopic (exact) mass is 554 g/mol. The number of hydrogen-bond donors (Lipinski definition) is 3. The van der Waals surface area contributed by atoms with Crippen LogP contribution in [-0.2, 0) is 33.3 Å². The van der Waals surface area contributed by atoms with Crippen LogP contribution in [-0.4, -0.2) is 87.6 Å². The fourth-order valence-corrected chi connectivity index (χ4v) is 5.15. The van der Waals surface area contributed by atoms with Crippen molar-refractivity contribution in [1.82, 2.24) is 5.32 Å². The van der Waals surface area contributed by atoms with Crippen molar-refractivity contribution in [1.29, 1.82) is 0 Å². The zero-order valence-corrected chi connectivity index (χ0v) is 22.9. The van der Waals surface area contributed by atoms with Crippen molar-refractivity contribution in [2.75, 3.05) is 25.6 Å². The van der Waals surface area contributed by atoms with Crippen LogP contribution in [0.5, 0.6) is 0 Å². The van der Waals surface area contributed by atoms with Crippen molar-refractivity contribution in [3.63, 3.8) is 0 Å². The summed E-state index contributed by atoms with van der Waals surface area (Å²) in [6.07, 6.45) is -7.57. The van der Waals surface area contributed by atoms with Crippen LogP contribution >= 0.6 is 0 Å². The highest BCUT2D eigenvalue weighted by molar-refractivity contribution is 7.87. The molecule has 0 saturated carbocycles. The van der Waals surface area contributed by atoms with Gasteiger partial charge in [0.25, 0.3) is 10.1 Å². The number of hydrogen-bond acceptors (Lipinski definition) is 11. The summed E-state index contributed by atoms with van der Waals surface area (Å²) in [5, 5.41) is 24.8. The standard InChI is InChI=1S/C25H34N2O10S/c1-14(28)26-20-22(30)21(29)18(35-23(20)36-24(31)37-25(2,3)4)13-34-38(32,33)19-12-8-9-15-16(19)10-7-11-17(15)27(5)6/h7-12,18,20-23,29-30H,13H2,1-6H3,(H,26,28)/t18-,20-,21-,22-,23-/m1/s1. The van der Waals surface area contributed by atoms with E-state index in [0.717, 1.165) is 12.6 Å². The Morgan fingerprint density at radius 1 is 1.05 bits per heavy atom. The summed E-state index contributed by atoms with van der Waals surface area (Å²) >= 11 is 0. The highest BCUT2D eigenvalue weighted by Gasteiger charge is 2.48. The molecule has 2 aromatic carbocycles. The van der Waals surface area contributed by atoms with Gasteiger partial charge < -0.3 is 34.6 Å². The average molecular weight is 555 g/mol. The Balaban J connectivity index is 1.83. The van der Waals surface area contributed by atoms with E-state index >= 15 is 0 Å². The Morgan fingerprint density at radius 2 is 1.68 bits per heavy atom. The van der Waals surface area contributed by atoms with E-state index in [1.807, 2.05) is 25.1 Å². The molecule has 2 aromatic rings. The van der Waals surface area contributed by atoms with Gasteiger partial charge in [-0.2, -0.15) is 8.42 Å². The predicted molar refractivity (Wildman–Crippen MR) is 137 cm³/mol. The van der Waals surface area contributed by atoms with Gasteiger partial charge in [-0.05, 0) is 32.9 Å². The third-order valence-corrected chi connectivity index (χ3v) is 7.01. The predicted octanol–water partition coefficient (Wildman–Crippen LogP) is 1.51. The summed E-state index contributed by atoms with van der Waals surface area (Å²) in [7, 11) is -0.686. The number of ether oxygens (including phenoxy) is 3. The SMILES string of the molecule is CC(=O)N[C@H]1[C@@H](OC(=O)OC(C)(C)C)O[C@H](COS(=O)(=O)c2cccc3c(N(C)C)cccc23)[C@@H](O)[C@@H]1O. The molecule has 13 heteroatoms. The summed E-state index contributed by atoms with van der Waals surface area (Å²) in [6.45, 7) is 5.27. The first-order valence-electron chi connectivity index (χ1n) is 11.9. The molecule has 1 aliphatic heterocycles. The van der Waals surface area contributed by atoms with Gasteiger partial charge in [-0.3, -0.25) is 8.98 Å². The molecule has 0 spiro atoms. The number of aliphatic hydroxyl groups excluding tert-OH is 2. The van der Waals surface area contributed by atoms with Crippen LogP contribution in [0.3, 0.4) is 0 Å². The lowest BCUT2D eigenvalue weighted by Crippen LogP contribution is -2.65. The molecule has 5 atom stereocenters. The number of carbonyl (C=O) groups is 2. The largest absolute Gasteiger partial charge is 0.511 e. The van der Waals surface area contributed by atoms with Gasteiger partial charge in [-0.15, -0.1) is 0 Å². The summed E-state index contributed by atoms with van der Waals surface area (Å²) < 4.78 is 47.5. The Labute approximate surface area is 221 Å². The maximum Gasteiger partial charge on any atom is 0.511 e. The minimum absolute atomic E-state index is 0.0952. The van der Waals surface area contributed by atoms with Crippen LogP contribution < -0.4 is 10.2 Å². The Hall–Kier alpha value is -2.97. The van der Waals surface area contributed by atoms with Gasteiger partial charge in [0.1, 0.15) is 34.9 Å². The number of rotatable bonds is 7. The number of aliphatic hydroxyl groups is 2. The molecule has 1 saturated heterocycles. The molecule has 38 heavy (non-hydrogen) atoms. The first kappa shape index (κ1) is 29.6. The molecular formula is C25H34N2O10S. The van der Waals surface area contributed by atoms with E-state index in [9.17, 15) is 28.2 Å². The van der Waals surface area contributed by atoms with E-state index in [4.69, 9.17) is 18.4 Å². The number of carbonyl (C=O) groups excluding carboxylic acids is 2. The van der Waals surface area contributed by atoms with Crippen molar-refractivity contribution in [3.05, 3.63) is 36.4 Å². The number of nitrogens with one attached hydrogen (secondary N) is 1. The van der Waals surface area contributed by atoms with E-state index in [0.29, 0.717) is 10.8 Å². The Bertz CT molecular complexity index is 1270. The zero-order chi connectivity index (χ0) is 28.4. The second-order valence-corrected chi connectivity index (χ2v) is 11.7. The van der Waals surface area contributed by atoms with Crippen LogP contribution in [0.1, 0.15) is 27.7 Å². The van der Waals surface area contributed by atoms with Crippen molar-refractivity contribution >= 4 is 38.6 Å². The van der Waals surface area contributed by atoms with E-state index < -0.39 is 65.0 Å². The molecule has 0 unspecified atom stereocenters. The van der Waals surface area contributed by atoms with Gasteiger partial charge in [0.15, 0.2) is 0 Å². The summed E-state index contributed by atoms with van der Waals surface area (Å²) in [4.78, 5) is 25.7. The Kier molecular flexibility index (Phi) is 8.89. The normalized spacial score (nSPS) is 24.1. The molecule has 1 heterocycles. The molecule has 0 aromatic heterocycles. The number of anilines is 1. The van der Waals surface area contributed by atoms with Crippen LogP contribution in [0.4, 0.5) is 10.5 Å². The third-order valence-electron chi connectivity index (χ3n) is 5.67. The quantitative estimate of drug-likeness (QED) is 0.336. The Morgan fingerprint density at radius 3 is 2.29 bits per heavy atom. The number of fused-ring (bicyclic) bond motifs is 1. The van der Waals surface area contributed by atoms with Gasteiger partial charge in [0.05, 0.1) is 6.61 Å². The molecule has 3 rings (SSSR count). The molecular weight excluding hydrogens is 520 g/mol. The lowest BCUT2D eigenvalue weighted by atomic mass is 9.97. The number of amides is 1. The van der Waals surface area contributed by atoms with Crippen LogP contribution in [0.25, 0.3) is 10.8 Å². The van der Waals surface area contributed by atoms with E-state index in [-0.39, 0.29) is 4.90 Å². The minimum atomic E-state index is -4.36. The molecule has 1 amide bonds. The fourth-order valence-electron chi connectivity index (χ4n) is 4.02. The molecule has 0 bridgehead atoms. The lowest BCUT2D eigenvalue weighted by molar-refractivity contribution is -0.257. The van der Waals surface area contributed by atoms with Crippen LogP contribution in [0.15, 0.2) is 41.3 Å². The number of nitrogens with zero attached hydrogens (tertiary/aromatic N) is 1.